The first kappa shape index (κ1) is 62.0. The van der Waals surface area contributed by atoms with Gasteiger partial charge in [0.05, 0.1) is 0 Å². The molecule has 0 N–H and O–H groups in total. The van der Waals surface area contributed by atoms with Crippen LogP contribution in [0.2, 0.25) is 0 Å². The van der Waals surface area contributed by atoms with E-state index < -0.39 is 6.10 Å². The molecule has 6 nitrogen and oxygen atoms in total. The highest BCUT2D eigenvalue weighted by atomic mass is 16.6. The smallest absolute Gasteiger partial charge is 0.306 e. The Balaban J connectivity index is 4.59. The Bertz CT molecular complexity index is 1570. The first-order valence-electron chi connectivity index (χ1n) is 26.0. The lowest BCUT2D eigenvalue weighted by Gasteiger charge is -2.18. The molecule has 1 unspecified atom stereocenters. The summed E-state index contributed by atoms with van der Waals surface area (Å²) in [5.41, 5.74) is 0. The molecule has 0 aliphatic carbocycles. The van der Waals surface area contributed by atoms with E-state index in [1.54, 1.807) is 0 Å². The second kappa shape index (κ2) is 53.6. The van der Waals surface area contributed by atoms with Gasteiger partial charge in [0.1, 0.15) is 13.2 Å². The van der Waals surface area contributed by atoms with Crippen LogP contribution in [0.15, 0.2) is 158 Å². The monoisotopic (exact) mass is 921 g/mol. The van der Waals surface area contributed by atoms with Crippen LogP contribution in [-0.2, 0) is 28.6 Å². The summed E-state index contributed by atoms with van der Waals surface area (Å²) in [5, 5.41) is 0. The first-order chi connectivity index (χ1) is 33.0. The molecular formula is C61H92O6. The lowest BCUT2D eigenvalue weighted by atomic mass is 10.1. The maximum Gasteiger partial charge on any atom is 0.306 e. The van der Waals surface area contributed by atoms with Gasteiger partial charge in [-0.3, -0.25) is 14.4 Å². The molecule has 0 aromatic heterocycles. The van der Waals surface area contributed by atoms with Gasteiger partial charge in [0.15, 0.2) is 6.10 Å². The van der Waals surface area contributed by atoms with Crippen molar-refractivity contribution in [3.63, 3.8) is 0 Å². The van der Waals surface area contributed by atoms with Gasteiger partial charge in [-0.25, -0.2) is 0 Å². The third kappa shape index (κ3) is 51.9. The van der Waals surface area contributed by atoms with E-state index in [1.807, 2.05) is 12.2 Å². The fraction of sp³-hybridized carbons (Fsp3) is 0.525. The number of hydrogen-bond donors (Lipinski definition) is 0. The molecule has 0 rings (SSSR count). The number of unbranched alkanes of at least 4 members (excludes halogenated alkanes) is 7. The second-order valence-electron chi connectivity index (χ2n) is 16.3. The summed E-state index contributed by atoms with van der Waals surface area (Å²) in [4.78, 5) is 38.0. The standard InChI is InChI=1S/C61H92O6/c1-4-7-10-13-16-19-22-25-27-28-29-30-31-32-34-36-39-42-45-48-51-54-60(63)66-57-58(56-65-59(62)53-50-47-44-41-38-35-24-21-18-15-12-9-6-3)67-61(64)55-52-49-46-43-40-37-33-26-23-20-17-14-11-8-5-2/h7-12,16-21,25-27,29-30,32-35,38-39,42,44,47,58H,4-6,13-15,22-24,28,31,36-37,40-41,43,45-46,48-57H2,1-3H3/b10-7-,11-8-,12-9-,19-16-,20-17-,21-18-,27-25-,30-29-,33-26-,34-32-,38-35-,42-39-,47-44-. The van der Waals surface area contributed by atoms with Crippen LogP contribution >= 0.6 is 0 Å². The van der Waals surface area contributed by atoms with Crippen molar-refractivity contribution in [3.8, 4) is 0 Å². The molecule has 0 aliphatic heterocycles. The van der Waals surface area contributed by atoms with Crippen LogP contribution < -0.4 is 0 Å². The molecule has 0 aromatic carbocycles. The van der Waals surface area contributed by atoms with Gasteiger partial charge in [0, 0.05) is 19.3 Å². The molecule has 1 atom stereocenters. The Morgan fingerprint density at radius 2 is 0.567 bits per heavy atom. The average Bonchev–Trinajstić information content (AvgIpc) is 3.33. The van der Waals surface area contributed by atoms with E-state index >= 15 is 0 Å². The normalized spacial score (nSPS) is 13.4. The van der Waals surface area contributed by atoms with Gasteiger partial charge in [0.25, 0.3) is 0 Å². The summed E-state index contributed by atoms with van der Waals surface area (Å²) >= 11 is 0. The number of ether oxygens (including phenoxy) is 3. The largest absolute Gasteiger partial charge is 0.462 e. The minimum absolute atomic E-state index is 0.138. The van der Waals surface area contributed by atoms with E-state index in [2.05, 4.69) is 167 Å². The Hall–Kier alpha value is -4.97. The van der Waals surface area contributed by atoms with Gasteiger partial charge in [0.2, 0.25) is 0 Å². The van der Waals surface area contributed by atoms with Crippen LogP contribution in [0.4, 0.5) is 0 Å². The van der Waals surface area contributed by atoms with Gasteiger partial charge in [-0.15, -0.1) is 0 Å². The highest BCUT2D eigenvalue weighted by Crippen LogP contribution is 2.11. The molecule has 0 amide bonds. The van der Waals surface area contributed by atoms with Gasteiger partial charge in [-0.05, 0) is 128 Å². The predicted octanol–water partition coefficient (Wildman–Crippen LogP) is 17.4. The summed E-state index contributed by atoms with van der Waals surface area (Å²) in [6.07, 6.45) is 78.1. The molecule has 0 fully saturated rings. The molecule has 0 radical (unpaired) electrons. The van der Waals surface area contributed by atoms with Crippen molar-refractivity contribution in [1.82, 2.24) is 0 Å². The molecule has 0 aliphatic rings. The van der Waals surface area contributed by atoms with Gasteiger partial charge in [-0.2, -0.15) is 0 Å². The summed E-state index contributed by atoms with van der Waals surface area (Å²) in [5.74, 6) is -1.09. The van der Waals surface area contributed by atoms with Crippen molar-refractivity contribution in [1.29, 1.82) is 0 Å². The van der Waals surface area contributed by atoms with E-state index in [0.717, 1.165) is 135 Å². The van der Waals surface area contributed by atoms with Gasteiger partial charge >= 0.3 is 17.9 Å². The molecular weight excluding hydrogens is 829 g/mol. The molecule has 0 aromatic rings. The van der Waals surface area contributed by atoms with Crippen LogP contribution in [0.3, 0.4) is 0 Å². The highest BCUT2D eigenvalue weighted by Gasteiger charge is 2.19. The third-order valence-electron chi connectivity index (χ3n) is 10.0. The topological polar surface area (TPSA) is 78.9 Å². The van der Waals surface area contributed by atoms with Crippen LogP contribution in [0.1, 0.15) is 188 Å². The van der Waals surface area contributed by atoms with E-state index in [0.29, 0.717) is 12.8 Å². The summed E-state index contributed by atoms with van der Waals surface area (Å²) in [7, 11) is 0. The Labute approximate surface area is 409 Å². The SMILES string of the molecule is CC/C=C\C/C=C\C/C=C\C/C=C\C/C=C\C/C=C\CCCCC(=O)OCC(COC(=O)CC/C=C\C/C=C\C/C=C\C/C=C\CC)OC(=O)CCCCCCC/C=C\C/C=C\C/C=C\CC. The number of allylic oxidation sites excluding steroid dienone is 26. The third-order valence-corrected chi connectivity index (χ3v) is 10.0. The van der Waals surface area contributed by atoms with Crippen molar-refractivity contribution in [2.24, 2.45) is 0 Å². The van der Waals surface area contributed by atoms with Gasteiger partial charge < -0.3 is 14.2 Å². The lowest BCUT2D eigenvalue weighted by Crippen LogP contribution is -2.30. The van der Waals surface area contributed by atoms with Crippen LogP contribution in [0.5, 0.6) is 0 Å². The highest BCUT2D eigenvalue weighted by molar-refractivity contribution is 5.71. The minimum atomic E-state index is -0.842. The number of carbonyl (C=O) groups excluding carboxylic acids is 3. The zero-order chi connectivity index (χ0) is 48.6. The molecule has 6 heteroatoms. The van der Waals surface area contributed by atoms with Crippen LogP contribution in [0.25, 0.3) is 0 Å². The number of esters is 3. The fourth-order valence-electron chi connectivity index (χ4n) is 6.24. The van der Waals surface area contributed by atoms with Crippen LogP contribution in [-0.4, -0.2) is 37.2 Å². The van der Waals surface area contributed by atoms with E-state index in [4.69, 9.17) is 14.2 Å². The van der Waals surface area contributed by atoms with E-state index in [1.165, 1.54) is 0 Å². The van der Waals surface area contributed by atoms with Crippen molar-refractivity contribution < 1.29 is 28.6 Å². The molecule has 0 heterocycles. The zero-order valence-corrected chi connectivity index (χ0v) is 42.3. The number of rotatable bonds is 44. The Kier molecular flexibility index (Phi) is 49.7. The molecule has 0 bridgehead atoms. The van der Waals surface area contributed by atoms with Crippen molar-refractivity contribution >= 4 is 17.9 Å². The second-order valence-corrected chi connectivity index (χ2v) is 16.3. The maximum atomic E-state index is 12.8. The average molecular weight is 921 g/mol. The first-order valence-corrected chi connectivity index (χ1v) is 26.0. The Morgan fingerprint density at radius 3 is 0.955 bits per heavy atom. The fourth-order valence-corrected chi connectivity index (χ4v) is 6.24. The van der Waals surface area contributed by atoms with Crippen molar-refractivity contribution in [2.45, 2.75) is 194 Å². The lowest BCUT2D eigenvalue weighted by molar-refractivity contribution is -0.166. The van der Waals surface area contributed by atoms with Gasteiger partial charge in [-0.1, -0.05) is 198 Å². The molecule has 372 valence electrons. The minimum Gasteiger partial charge on any atom is -0.462 e. The molecule has 0 saturated carbocycles. The van der Waals surface area contributed by atoms with Crippen molar-refractivity contribution in [2.75, 3.05) is 13.2 Å². The molecule has 0 spiro atoms. The zero-order valence-electron chi connectivity index (χ0n) is 42.3. The predicted molar refractivity (Wildman–Crippen MR) is 288 cm³/mol. The Morgan fingerprint density at radius 1 is 0.299 bits per heavy atom. The quantitative estimate of drug-likeness (QED) is 0.0262. The summed E-state index contributed by atoms with van der Waals surface area (Å²) < 4.78 is 16.7. The van der Waals surface area contributed by atoms with Crippen molar-refractivity contribution in [3.05, 3.63) is 158 Å². The summed E-state index contributed by atoms with van der Waals surface area (Å²) in [6.45, 7) is 6.15. The number of carbonyl (C=O) groups is 3. The molecule has 0 saturated heterocycles. The van der Waals surface area contributed by atoms with E-state index in [9.17, 15) is 14.4 Å². The van der Waals surface area contributed by atoms with E-state index in [-0.39, 0.29) is 50.4 Å². The summed E-state index contributed by atoms with van der Waals surface area (Å²) in [6, 6.07) is 0. The van der Waals surface area contributed by atoms with Crippen LogP contribution in [0, 0.1) is 0 Å². The molecule has 67 heavy (non-hydrogen) atoms. The number of hydrogen-bond acceptors (Lipinski definition) is 6. The maximum absolute atomic E-state index is 12.8.